The van der Waals surface area contributed by atoms with Gasteiger partial charge in [0.1, 0.15) is 22.9 Å². The van der Waals surface area contributed by atoms with Crippen molar-refractivity contribution in [2.45, 2.75) is 72.1 Å². The van der Waals surface area contributed by atoms with Gasteiger partial charge >= 0.3 is 0 Å². The minimum absolute atomic E-state index is 0.114. The molecule has 0 atom stereocenters. The third-order valence-corrected chi connectivity index (χ3v) is 15.5. The molecule has 20 heteroatoms. The van der Waals surface area contributed by atoms with Crippen LogP contribution in [0.1, 0.15) is 83.3 Å². The lowest BCUT2D eigenvalue weighted by Crippen LogP contribution is -2.40. The fraction of sp³-hybridized carbons (Fsp3) is 0.317. The molecule has 0 bridgehead atoms. The molecule has 0 spiro atoms. The van der Waals surface area contributed by atoms with E-state index >= 15 is 0 Å². The average Bonchev–Trinajstić information content (AvgIpc) is 4.28. The van der Waals surface area contributed by atoms with Gasteiger partial charge in [0, 0.05) is 79.6 Å². The fourth-order valence-electron chi connectivity index (χ4n) is 9.06. The Labute approximate surface area is 474 Å². The van der Waals surface area contributed by atoms with Crippen LogP contribution < -0.4 is 20.9 Å². The Morgan fingerprint density at radius 3 is 1.32 bits per heavy atom. The average molecular weight is 1120 g/mol. The van der Waals surface area contributed by atoms with Crippen LogP contribution >= 0.6 is 23.5 Å². The molecule has 2 saturated heterocycles. The quantitative estimate of drug-likeness (QED) is 0.0604. The van der Waals surface area contributed by atoms with Crippen molar-refractivity contribution in [3.8, 4) is 45.4 Å². The summed E-state index contributed by atoms with van der Waals surface area (Å²) in [5.41, 5.74) is 17.8. The maximum absolute atomic E-state index is 12.9. The van der Waals surface area contributed by atoms with E-state index in [2.05, 4.69) is 33.6 Å². The summed E-state index contributed by atoms with van der Waals surface area (Å²) in [6.45, 7) is 9.30. The van der Waals surface area contributed by atoms with E-state index in [9.17, 15) is 19.2 Å². The Bertz CT molecular complexity index is 3070. The monoisotopic (exact) mass is 1120 g/mol. The van der Waals surface area contributed by atoms with Crippen LogP contribution in [0.2, 0.25) is 0 Å². The van der Waals surface area contributed by atoms with Gasteiger partial charge < -0.3 is 35.8 Å². The number of nitrogens with zero attached hydrogens (tertiary/aromatic N) is 8. The first-order valence-electron chi connectivity index (χ1n) is 26.9. The molecule has 0 radical (unpaired) electrons. The molecule has 6 heterocycles. The number of amidine groups is 2. The van der Waals surface area contributed by atoms with Crippen molar-refractivity contribution in [1.82, 2.24) is 29.4 Å². The largest absolute Gasteiger partial charge is 0.494 e. The molecule has 4 aliphatic heterocycles. The zero-order valence-electron chi connectivity index (χ0n) is 45.1. The maximum atomic E-state index is 12.9. The number of likely N-dealkylation sites (tertiary alicyclic amines) is 2. The predicted octanol–water partition coefficient (Wildman–Crippen LogP) is 9.86. The zero-order valence-corrected chi connectivity index (χ0v) is 46.7. The number of carboxylic acid groups (broad SMARTS) is 1. The van der Waals surface area contributed by atoms with Crippen molar-refractivity contribution in [3.63, 3.8) is 0 Å². The minimum atomic E-state index is -0.833. The second-order valence-electron chi connectivity index (χ2n) is 19.4. The van der Waals surface area contributed by atoms with Gasteiger partial charge in [0.05, 0.1) is 34.4 Å². The van der Waals surface area contributed by atoms with Crippen LogP contribution in [0.5, 0.6) is 11.5 Å². The Kier molecular flexibility index (Phi) is 20.3. The molecule has 0 unspecified atom stereocenters. The first kappa shape index (κ1) is 57.9. The van der Waals surface area contributed by atoms with Crippen LogP contribution in [-0.4, -0.2) is 114 Å². The van der Waals surface area contributed by atoms with E-state index in [1.54, 1.807) is 0 Å². The Balaban J connectivity index is 0.000000197. The van der Waals surface area contributed by atoms with E-state index < -0.39 is 5.97 Å². The molecular formula is C60H66N10O8S2. The molecule has 4 amide bonds. The number of benzene rings is 4. The van der Waals surface area contributed by atoms with Gasteiger partial charge in [0.2, 0.25) is 11.8 Å². The number of carbonyl (C=O) groups is 5. The van der Waals surface area contributed by atoms with Crippen LogP contribution in [-0.2, 0) is 24.0 Å². The molecule has 2 aromatic heterocycles. The van der Waals surface area contributed by atoms with E-state index in [1.165, 1.54) is 23.5 Å². The second kappa shape index (κ2) is 28.1. The molecule has 5 N–H and O–H groups in total. The predicted molar refractivity (Wildman–Crippen MR) is 315 cm³/mol. The highest BCUT2D eigenvalue weighted by Gasteiger charge is 2.33. The van der Waals surface area contributed by atoms with Crippen LogP contribution in [0.4, 0.5) is 0 Å². The third-order valence-electron chi connectivity index (χ3n) is 13.4. The highest BCUT2D eigenvalue weighted by molar-refractivity contribution is 8.18. The summed E-state index contributed by atoms with van der Waals surface area (Å²) < 4.78 is 15.5. The number of thioether (sulfide) groups is 2. The smallest absolute Gasteiger partial charge is 0.300 e. The lowest BCUT2D eigenvalue weighted by atomic mass is 9.97. The number of unbranched alkanes of at least 4 members (excludes halogenated alkanes) is 2. The highest BCUT2D eigenvalue weighted by Crippen LogP contribution is 2.37. The van der Waals surface area contributed by atoms with Gasteiger partial charge in [-0.2, -0.15) is 20.2 Å². The lowest BCUT2D eigenvalue weighted by Gasteiger charge is -2.31. The van der Waals surface area contributed by atoms with Crippen molar-refractivity contribution in [2.24, 2.45) is 33.3 Å². The number of aromatic nitrogens is 4. The van der Waals surface area contributed by atoms with E-state index in [0.29, 0.717) is 85.2 Å². The van der Waals surface area contributed by atoms with Crippen LogP contribution in [0, 0.1) is 11.8 Å². The van der Waals surface area contributed by atoms with Crippen LogP contribution in [0.15, 0.2) is 141 Å². The number of aliphatic imine (C=N–C) groups is 2. The molecule has 4 aliphatic rings. The van der Waals surface area contributed by atoms with Crippen LogP contribution in [0.3, 0.4) is 0 Å². The standard InChI is InChI=1S/2C29H31N5O3S.C2H4O2/c2*1-2-3-16-37-24-11-7-8-21(17-24)26-22(19-34(32-26)23-9-5-4-6-10-23)18-25-28(36)31-29(38-25)33-14-12-20(13-15-33)27(30)35;1-2(3)4/h2*4-11,17-20H,2-3,12-16H2,1H3,(H2,30,35);1H3,(H,3,4)/b2*25-18-;. The Morgan fingerprint density at radius 1 is 0.600 bits per heavy atom. The van der Waals surface area contributed by atoms with Crippen molar-refractivity contribution >= 4 is 75.6 Å². The summed E-state index contributed by atoms with van der Waals surface area (Å²) in [5, 5.41) is 18.6. The molecular weight excluding hydrogens is 1050 g/mol. The number of ether oxygens (including phenoxy) is 2. The second-order valence-corrected chi connectivity index (χ2v) is 21.4. The molecule has 4 aromatic carbocycles. The number of carbonyl (C=O) groups excluding carboxylic acids is 4. The van der Waals surface area contributed by atoms with Gasteiger partial charge in [-0.1, -0.05) is 87.4 Å². The van der Waals surface area contributed by atoms with Crippen molar-refractivity contribution in [3.05, 3.63) is 143 Å². The molecule has 416 valence electrons. The normalized spacial score (nSPS) is 16.6. The number of primary amides is 2. The third kappa shape index (κ3) is 15.5. The number of nitrogens with two attached hydrogens (primary N) is 2. The topological polar surface area (TPSA) is 243 Å². The van der Waals surface area contributed by atoms with Gasteiger partial charge in [0.15, 0.2) is 10.3 Å². The number of carboxylic acids is 1. The molecule has 18 nitrogen and oxygen atoms in total. The minimum Gasteiger partial charge on any atom is -0.494 e. The van der Waals surface area contributed by atoms with E-state index in [0.717, 1.165) is 89.1 Å². The molecule has 0 saturated carbocycles. The highest BCUT2D eigenvalue weighted by atomic mass is 32.2. The Morgan fingerprint density at radius 2 is 0.975 bits per heavy atom. The number of amides is 4. The summed E-state index contributed by atoms with van der Waals surface area (Å²) in [4.78, 5) is 71.7. The summed E-state index contributed by atoms with van der Waals surface area (Å²) in [5.74, 6) is -0.529. The van der Waals surface area contributed by atoms with Crippen molar-refractivity contribution in [2.75, 3.05) is 39.4 Å². The fourth-order valence-corrected chi connectivity index (χ4v) is 11.0. The summed E-state index contributed by atoms with van der Waals surface area (Å²) in [6, 6.07) is 35.6. The molecule has 2 fully saturated rings. The Hall–Kier alpha value is -8.23. The van der Waals surface area contributed by atoms with E-state index in [4.69, 9.17) is 41.0 Å². The number of hydrogen-bond donors (Lipinski definition) is 3. The molecule has 80 heavy (non-hydrogen) atoms. The molecule has 6 aromatic rings. The zero-order chi connectivity index (χ0) is 56.5. The number of para-hydroxylation sites is 2. The van der Waals surface area contributed by atoms with Crippen molar-refractivity contribution in [1.29, 1.82) is 0 Å². The van der Waals surface area contributed by atoms with Crippen molar-refractivity contribution < 1.29 is 38.6 Å². The van der Waals surface area contributed by atoms with Gasteiger partial charge in [-0.25, -0.2) is 9.36 Å². The number of rotatable bonds is 16. The van der Waals surface area contributed by atoms with Gasteiger partial charge in [-0.3, -0.25) is 24.0 Å². The summed E-state index contributed by atoms with van der Waals surface area (Å²) >= 11 is 2.73. The van der Waals surface area contributed by atoms with E-state index in [1.807, 2.05) is 143 Å². The van der Waals surface area contributed by atoms with Crippen LogP contribution in [0.25, 0.3) is 46.0 Å². The van der Waals surface area contributed by atoms with E-state index in [-0.39, 0.29) is 35.5 Å². The molecule has 0 aliphatic carbocycles. The maximum Gasteiger partial charge on any atom is 0.300 e. The SMILES string of the molecule is CC(=O)O.CCCCOc1cccc(-c2nn(-c3ccccc3)cc2/C=C2\SC(N3CCC(C(N)=O)CC3)=NC2=O)c1.CCCCOc1cccc(-c2nn(-c3ccccc3)cc2/C=C2\SC(N3CCC(C(N)=O)CC3)=NC2=O)c1. The first-order valence-corrected chi connectivity index (χ1v) is 28.5. The van der Waals surface area contributed by atoms with Gasteiger partial charge in [-0.15, -0.1) is 0 Å². The number of hydrogen-bond acceptors (Lipinski definition) is 13. The lowest BCUT2D eigenvalue weighted by molar-refractivity contribution is -0.134. The summed E-state index contributed by atoms with van der Waals surface area (Å²) in [7, 11) is 0. The summed E-state index contributed by atoms with van der Waals surface area (Å²) in [6.07, 6.45) is 14.4. The van der Waals surface area contributed by atoms with Gasteiger partial charge in [-0.05, 0) is 123 Å². The number of piperidine rings is 2. The van der Waals surface area contributed by atoms with Gasteiger partial charge in [0.25, 0.3) is 17.8 Å². The first-order chi connectivity index (χ1) is 38.8. The molecule has 10 rings (SSSR count). The number of aliphatic carboxylic acids is 1.